The van der Waals surface area contributed by atoms with Crippen LogP contribution in [0.5, 0.6) is 0 Å². The minimum atomic E-state index is 0.500. The van der Waals surface area contributed by atoms with Crippen LogP contribution in [0.15, 0.2) is 59.9 Å². The topological polar surface area (TPSA) is 55.7 Å². The van der Waals surface area contributed by atoms with E-state index in [1.165, 1.54) is 11.8 Å². The van der Waals surface area contributed by atoms with Crippen molar-refractivity contribution in [1.29, 1.82) is 0 Å². The van der Waals surface area contributed by atoms with Gasteiger partial charge in [0.15, 0.2) is 11.0 Å². The molecule has 4 aromatic rings. The summed E-state index contributed by atoms with van der Waals surface area (Å²) in [6.45, 7) is 0. The third kappa shape index (κ3) is 3.04. The van der Waals surface area contributed by atoms with E-state index >= 15 is 0 Å². The van der Waals surface area contributed by atoms with Gasteiger partial charge in [0.05, 0.1) is 5.94 Å². The van der Waals surface area contributed by atoms with Gasteiger partial charge in [0.1, 0.15) is 0 Å². The fraction of sp³-hybridized carbons (Fsp3) is 0.111. The highest BCUT2D eigenvalue weighted by molar-refractivity contribution is 7.99. The van der Waals surface area contributed by atoms with Crippen LogP contribution >= 0.6 is 23.4 Å². The molecule has 0 bridgehead atoms. The quantitative estimate of drug-likeness (QED) is 0.406. The zero-order chi connectivity index (χ0) is 17.2. The molecule has 1 N–H and O–H groups in total. The van der Waals surface area contributed by atoms with Crippen LogP contribution in [-0.4, -0.2) is 32.8 Å². The monoisotopic (exact) mass is 370 g/mol. The number of fused-ring (bicyclic) bond motifs is 1. The third-order valence-electron chi connectivity index (χ3n) is 3.85. The molecular formula is C18H15ClN4OS. The molecule has 7 heteroatoms. The summed E-state index contributed by atoms with van der Waals surface area (Å²) in [6, 6.07) is 15.8. The molecule has 0 aliphatic carbocycles. The fourth-order valence-electron chi connectivity index (χ4n) is 2.73. The second kappa shape index (κ2) is 6.92. The zero-order valence-electron chi connectivity index (χ0n) is 13.4. The molecule has 5 nitrogen and oxygen atoms in total. The van der Waals surface area contributed by atoms with Crippen LogP contribution in [0.1, 0.15) is 0 Å². The average molecular weight is 371 g/mol. The van der Waals surface area contributed by atoms with Gasteiger partial charge in [-0.2, -0.15) is 0 Å². The minimum Gasteiger partial charge on any atom is -0.374 e. The number of nitrogens with zero attached hydrogens (tertiary/aromatic N) is 3. The van der Waals surface area contributed by atoms with E-state index in [4.69, 9.17) is 16.3 Å². The molecule has 2 aromatic heterocycles. The number of rotatable bonds is 5. The molecule has 4 rings (SSSR count). The Balaban J connectivity index is 1.90. The summed E-state index contributed by atoms with van der Waals surface area (Å²) in [5.41, 5.74) is 3.02. The summed E-state index contributed by atoms with van der Waals surface area (Å²) in [7, 11) is 1.66. The molecule has 0 aliphatic rings. The summed E-state index contributed by atoms with van der Waals surface area (Å²) in [4.78, 5) is 3.29. The number of nitrogens with one attached hydrogen (secondary N) is 1. The van der Waals surface area contributed by atoms with Crippen LogP contribution < -0.4 is 0 Å². The smallest absolute Gasteiger partial charge is 0.198 e. The first-order chi connectivity index (χ1) is 12.3. The fourth-order valence-corrected chi connectivity index (χ4v) is 3.50. The highest BCUT2D eigenvalue weighted by atomic mass is 35.5. The maximum Gasteiger partial charge on any atom is 0.198 e. The molecule has 0 aliphatic heterocycles. The first-order valence-corrected chi connectivity index (χ1v) is 9.04. The third-order valence-corrected chi connectivity index (χ3v) is 4.98. The van der Waals surface area contributed by atoms with Crippen LogP contribution in [-0.2, 0) is 4.74 Å². The minimum absolute atomic E-state index is 0.500. The second-order valence-electron chi connectivity index (χ2n) is 5.42. The average Bonchev–Trinajstić information content (AvgIpc) is 3.24. The molecular weight excluding hydrogens is 356 g/mol. The Bertz CT molecular complexity index is 1010. The maximum absolute atomic E-state index is 6.04. The molecule has 0 spiro atoms. The van der Waals surface area contributed by atoms with Gasteiger partial charge >= 0.3 is 0 Å². The number of H-pyrrole nitrogens is 1. The normalized spacial score (nSPS) is 11.3. The summed E-state index contributed by atoms with van der Waals surface area (Å²) < 4.78 is 7.20. The van der Waals surface area contributed by atoms with Crippen molar-refractivity contribution >= 4 is 34.3 Å². The Morgan fingerprint density at radius 3 is 2.72 bits per heavy atom. The molecule has 0 fully saturated rings. The number of hydrogen-bond acceptors (Lipinski definition) is 4. The summed E-state index contributed by atoms with van der Waals surface area (Å²) in [6.07, 6.45) is 1.96. The van der Waals surface area contributed by atoms with Crippen LogP contribution in [0.2, 0.25) is 5.02 Å². The molecule has 0 atom stereocenters. The predicted octanol–water partition coefficient (Wildman–Crippen LogP) is 4.77. The molecule has 126 valence electrons. The lowest BCUT2D eigenvalue weighted by Crippen LogP contribution is -2.00. The van der Waals surface area contributed by atoms with Gasteiger partial charge in [0.25, 0.3) is 0 Å². The highest BCUT2D eigenvalue weighted by Crippen LogP contribution is 2.32. The highest BCUT2D eigenvalue weighted by Gasteiger charge is 2.18. The molecule has 0 saturated carbocycles. The van der Waals surface area contributed by atoms with E-state index < -0.39 is 0 Å². The Kier molecular flexibility index (Phi) is 4.48. The van der Waals surface area contributed by atoms with Crippen molar-refractivity contribution in [1.82, 2.24) is 19.7 Å². The van der Waals surface area contributed by atoms with E-state index in [1.807, 2.05) is 53.2 Å². The molecule has 2 heterocycles. The van der Waals surface area contributed by atoms with Crippen molar-refractivity contribution in [2.24, 2.45) is 0 Å². The van der Waals surface area contributed by atoms with Crippen LogP contribution in [0.4, 0.5) is 0 Å². The van der Waals surface area contributed by atoms with E-state index in [-0.39, 0.29) is 0 Å². The molecule has 25 heavy (non-hydrogen) atoms. The second-order valence-corrected chi connectivity index (χ2v) is 6.74. The lowest BCUT2D eigenvalue weighted by atomic mass is 10.1. The van der Waals surface area contributed by atoms with E-state index in [0.29, 0.717) is 11.0 Å². The number of para-hydroxylation sites is 1. The number of benzene rings is 2. The first-order valence-electron chi connectivity index (χ1n) is 7.67. The van der Waals surface area contributed by atoms with Crippen molar-refractivity contribution < 1.29 is 4.74 Å². The summed E-state index contributed by atoms with van der Waals surface area (Å²) in [5.74, 6) is 1.28. The van der Waals surface area contributed by atoms with E-state index in [0.717, 1.165) is 33.1 Å². The maximum atomic E-state index is 6.04. The predicted molar refractivity (Wildman–Crippen MR) is 101 cm³/mol. The number of aromatic nitrogens is 4. The first kappa shape index (κ1) is 16.2. The molecule has 0 saturated heterocycles. The Hall–Kier alpha value is -2.28. The Morgan fingerprint density at radius 1 is 1.12 bits per heavy atom. The van der Waals surface area contributed by atoms with Gasteiger partial charge < -0.3 is 9.72 Å². The molecule has 0 amide bonds. The largest absolute Gasteiger partial charge is 0.374 e. The van der Waals surface area contributed by atoms with Gasteiger partial charge in [-0.3, -0.25) is 4.57 Å². The summed E-state index contributed by atoms with van der Waals surface area (Å²) in [5, 5.41) is 11.4. The number of thioether (sulfide) groups is 1. The Morgan fingerprint density at radius 2 is 1.92 bits per heavy atom. The van der Waals surface area contributed by atoms with Gasteiger partial charge in [-0.05, 0) is 30.3 Å². The SMILES string of the molecule is COCSc1nnc(-c2c[nH]c3ccccc23)n1-c1ccc(Cl)cc1. The molecule has 0 unspecified atom stereocenters. The number of methoxy groups -OCH3 is 1. The van der Waals surface area contributed by atoms with Gasteiger partial charge in [0.2, 0.25) is 0 Å². The Labute approximate surface area is 154 Å². The van der Waals surface area contributed by atoms with Crippen LogP contribution in [0, 0.1) is 0 Å². The van der Waals surface area contributed by atoms with Gasteiger partial charge in [-0.15, -0.1) is 10.2 Å². The summed E-state index contributed by atoms with van der Waals surface area (Å²) >= 11 is 7.54. The van der Waals surface area contributed by atoms with E-state index in [2.05, 4.69) is 21.2 Å². The standard InChI is InChI=1S/C18H15ClN4OS/c1-24-11-25-18-22-21-17(23(18)13-8-6-12(19)7-9-13)15-10-20-16-5-3-2-4-14(15)16/h2-10,20H,11H2,1H3. The van der Waals surface area contributed by atoms with Gasteiger partial charge in [-0.1, -0.05) is 41.6 Å². The lowest BCUT2D eigenvalue weighted by molar-refractivity contribution is 0.258. The van der Waals surface area contributed by atoms with Gasteiger partial charge in [-0.25, -0.2) is 0 Å². The van der Waals surface area contributed by atoms with Crippen molar-refractivity contribution in [3.8, 4) is 17.1 Å². The number of halogens is 1. The van der Waals surface area contributed by atoms with E-state index in [1.54, 1.807) is 7.11 Å². The van der Waals surface area contributed by atoms with Crippen molar-refractivity contribution in [3.63, 3.8) is 0 Å². The van der Waals surface area contributed by atoms with Gasteiger partial charge in [0, 0.05) is 40.5 Å². The van der Waals surface area contributed by atoms with Crippen LogP contribution in [0.3, 0.4) is 0 Å². The molecule has 0 radical (unpaired) electrons. The lowest BCUT2D eigenvalue weighted by Gasteiger charge is -2.10. The number of aromatic amines is 1. The number of ether oxygens (including phenoxy) is 1. The molecule has 2 aromatic carbocycles. The van der Waals surface area contributed by atoms with Crippen molar-refractivity contribution in [2.75, 3.05) is 13.0 Å². The van der Waals surface area contributed by atoms with Crippen LogP contribution in [0.25, 0.3) is 28.0 Å². The number of hydrogen-bond donors (Lipinski definition) is 1. The van der Waals surface area contributed by atoms with Crippen molar-refractivity contribution in [2.45, 2.75) is 5.16 Å². The van der Waals surface area contributed by atoms with E-state index in [9.17, 15) is 0 Å². The van der Waals surface area contributed by atoms with Crippen molar-refractivity contribution in [3.05, 3.63) is 59.8 Å². The zero-order valence-corrected chi connectivity index (χ0v) is 15.0.